The van der Waals surface area contributed by atoms with Crippen molar-refractivity contribution in [3.05, 3.63) is 95.9 Å². The van der Waals surface area contributed by atoms with Crippen LogP contribution in [0.3, 0.4) is 0 Å². The zero-order valence-electron chi connectivity index (χ0n) is 14.5. The van der Waals surface area contributed by atoms with Gasteiger partial charge >= 0.3 is 0 Å². The molecule has 1 amide bonds. The molecule has 1 atom stereocenters. The van der Waals surface area contributed by atoms with Gasteiger partial charge in [0.15, 0.2) is 0 Å². The first kappa shape index (κ1) is 17.0. The van der Waals surface area contributed by atoms with Crippen LogP contribution >= 0.6 is 0 Å². The number of rotatable bonds is 7. The summed E-state index contributed by atoms with van der Waals surface area (Å²) in [5.41, 5.74) is 2.38. The molecular formula is C22H23NO2. The summed E-state index contributed by atoms with van der Waals surface area (Å²) in [4.78, 5) is 14.6. The molecule has 1 unspecified atom stereocenters. The fraction of sp³-hybridized carbons (Fsp3) is 0.227. The van der Waals surface area contributed by atoms with Gasteiger partial charge in [0.25, 0.3) is 0 Å². The Morgan fingerprint density at radius 1 is 0.960 bits per heavy atom. The second-order valence-corrected chi connectivity index (χ2v) is 6.20. The van der Waals surface area contributed by atoms with Crippen molar-refractivity contribution >= 4 is 5.91 Å². The molecule has 3 nitrogen and oxygen atoms in total. The van der Waals surface area contributed by atoms with Gasteiger partial charge in [-0.2, -0.15) is 0 Å². The lowest BCUT2D eigenvalue weighted by Crippen LogP contribution is -2.32. The molecular weight excluding hydrogens is 310 g/mol. The van der Waals surface area contributed by atoms with Gasteiger partial charge in [-0.1, -0.05) is 60.7 Å². The number of hydrogen-bond acceptors (Lipinski definition) is 2. The zero-order valence-corrected chi connectivity index (χ0v) is 14.5. The summed E-state index contributed by atoms with van der Waals surface area (Å²) >= 11 is 0. The maximum atomic E-state index is 12.7. The lowest BCUT2D eigenvalue weighted by Gasteiger charge is -2.29. The van der Waals surface area contributed by atoms with Crippen LogP contribution in [0.4, 0.5) is 0 Å². The minimum atomic E-state index is 0.0210. The van der Waals surface area contributed by atoms with E-state index >= 15 is 0 Å². The number of amides is 1. The van der Waals surface area contributed by atoms with Gasteiger partial charge in [-0.15, -0.1) is 0 Å². The van der Waals surface area contributed by atoms with Crippen LogP contribution in [0.1, 0.15) is 29.3 Å². The highest BCUT2D eigenvalue weighted by Gasteiger charge is 2.22. The molecule has 1 aromatic heterocycles. The number of benzene rings is 2. The summed E-state index contributed by atoms with van der Waals surface area (Å²) in [5.74, 6) is 0.974. The molecule has 3 heteroatoms. The van der Waals surface area contributed by atoms with E-state index in [-0.39, 0.29) is 11.9 Å². The molecule has 0 radical (unpaired) electrons. The first-order valence-corrected chi connectivity index (χ1v) is 8.61. The third-order valence-corrected chi connectivity index (χ3v) is 4.48. The van der Waals surface area contributed by atoms with Crippen LogP contribution in [-0.4, -0.2) is 17.9 Å². The van der Waals surface area contributed by atoms with Gasteiger partial charge in [-0.25, -0.2) is 0 Å². The van der Waals surface area contributed by atoms with E-state index in [0.717, 1.165) is 17.7 Å². The highest BCUT2D eigenvalue weighted by Crippen LogP contribution is 2.25. The van der Waals surface area contributed by atoms with E-state index in [0.29, 0.717) is 12.8 Å². The van der Waals surface area contributed by atoms with E-state index in [1.54, 1.807) is 6.26 Å². The van der Waals surface area contributed by atoms with Gasteiger partial charge in [0, 0.05) is 19.9 Å². The molecule has 128 valence electrons. The van der Waals surface area contributed by atoms with E-state index in [1.165, 1.54) is 5.56 Å². The predicted octanol–water partition coefficient (Wildman–Crippen LogP) is 4.65. The van der Waals surface area contributed by atoms with Crippen LogP contribution in [0.2, 0.25) is 0 Å². The summed E-state index contributed by atoms with van der Waals surface area (Å²) in [7, 11) is 1.89. The number of likely N-dealkylation sites (N-methyl/N-ethyl adjacent to an activating group) is 1. The molecule has 0 saturated heterocycles. The van der Waals surface area contributed by atoms with Crippen molar-refractivity contribution in [3.8, 4) is 0 Å². The average Bonchev–Trinajstić information content (AvgIpc) is 3.19. The number of furan rings is 1. The van der Waals surface area contributed by atoms with Crippen molar-refractivity contribution in [3.63, 3.8) is 0 Å². The van der Waals surface area contributed by atoms with Crippen molar-refractivity contribution in [2.75, 3.05) is 7.05 Å². The van der Waals surface area contributed by atoms with Gasteiger partial charge in [0.1, 0.15) is 5.76 Å². The van der Waals surface area contributed by atoms with E-state index in [9.17, 15) is 4.79 Å². The minimum absolute atomic E-state index is 0.0210. The number of carbonyl (C=O) groups excluding carboxylic acids is 1. The maximum Gasteiger partial charge on any atom is 0.223 e. The summed E-state index contributed by atoms with van der Waals surface area (Å²) in [5, 5.41) is 0. The number of carbonyl (C=O) groups is 1. The number of aryl methyl sites for hydroxylation is 1. The van der Waals surface area contributed by atoms with Crippen molar-refractivity contribution in [1.82, 2.24) is 4.90 Å². The Bertz CT molecular complexity index is 766. The Hall–Kier alpha value is -2.81. The molecule has 0 aliphatic rings. The fourth-order valence-electron chi connectivity index (χ4n) is 3.03. The van der Waals surface area contributed by atoms with E-state index in [1.807, 2.05) is 60.5 Å². The first-order chi connectivity index (χ1) is 12.2. The highest BCUT2D eigenvalue weighted by atomic mass is 16.3. The monoisotopic (exact) mass is 333 g/mol. The van der Waals surface area contributed by atoms with Crippen LogP contribution in [0.25, 0.3) is 0 Å². The van der Waals surface area contributed by atoms with Crippen LogP contribution in [0, 0.1) is 0 Å². The summed E-state index contributed by atoms with van der Waals surface area (Å²) in [6.45, 7) is 0. The Kier molecular flexibility index (Phi) is 5.68. The lowest BCUT2D eigenvalue weighted by molar-refractivity contribution is -0.132. The van der Waals surface area contributed by atoms with Gasteiger partial charge in [0.05, 0.1) is 12.3 Å². The second kappa shape index (κ2) is 8.34. The molecule has 0 aliphatic heterocycles. The van der Waals surface area contributed by atoms with Crippen LogP contribution < -0.4 is 0 Å². The SMILES string of the molecule is CN(C(=O)CCc1ccco1)C(Cc1ccccc1)c1ccccc1. The molecule has 1 heterocycles. The van der Waals surface area contributed by atoms with Gasteiger partial charge in [0.2, 0.25) is 5.91 Å². The van der Waals surface area contributed by atoms with Crippen LogP contribution in [-0.2, 0) is 17.6 Å². The normalized spacial score (nSPS) is 11.9. The van der Waals surface area contributed by atoms with Crippen molar-refractivity contribution < 1.29 is 9.21 Å². The molecule has 0 bridgehead atoms. The Labute approximate surface area is 148 Å². The quantitative estimate of drug-likeness (QED) is 0.630. The first-order valence-electron chi connectivity index (χ1n) is 8.61. The number of hydrogen-bond donors (Lipinski definition) is 0. The number of nitrogens with zero attached hydrogens (tertiary/aromatic N) is 1. The van der Waals surface area contributed by atoms with E-state index < -0.39 is 0 Å². The summed E-state index contributed by atoms with van der Waals surface area (Å²) < 4.78 is 5.33. The van der Waals surface area contributed by atoms with Crippen molar-refractivity contribution in [1.29, 1.82) is 0 Å². The summed E-state index contributed by atoms with van der Waals surface area (Å²) in [6, 6.07) is 24.3. The Morgan fingerprint density at radius 2 is 1.64 bits per heavy atom. The third kappa shape index (κ3) is 4.60. The molecule has 3 aromatic rings. The van der Waals surface area contributed by atoms with E-state index in [4.69, 9.17) is 4.42 Å². The van der Waals surface area contributed by atoms with Crippen molar-refractivity contribution in [2.24, 2.45) is 0 Å². The predicted molar refractivity (Wildman–Crippen MR) is 99.1 cm³/mol. The van der Waals surface area contributed by atoms with E-state index in [2.05, 4.69) is 24.3 Å². The molecule has 0 spiro atoms. The third-order valence-electron chi connectivity index (χ3n) is 4.48. The highest BCUT2D eigenvalue weighted by molar-refractivity contribution is 5.76. The standard InChI is InChI=1S/C22H23NO2/c1-23(22(24)15-14-20-13-8-16-25-20)21(19-11-6-3-7-12-19)17-18-9-4-2-5-10-18/h2-13,16,21H,14-15,17H2,1H3. The van der Waals surface area contributed by atoms with Gasteiger partial charge < -0.3 is 9.32 Å². The summed E-state index contributed by atoms with van der Waals surface area (Å²) in [6.07, 6.45) is 3.52. The molecule has 0 saturated carbocycles. The van der Waals surface area contributed by atoms with Gasteiger partial charge in [-0.05, 0) is 29.7 Å². The molecule has 0 fully saturated rings. The maximum absolute atomic E-state index is 12.7. The Balaban J connectivity index is 1.74. The minimum Gasteiger partial charge on any atom is -0.469 e. The van der Waals surface area contributed by atoms with Crippen LogP contribution in [0.5, 0.6) is 0 Å². The zero-order chi connectivity index (χ0) is 17.5. The Morgan fingerprint density at radius 3 is 2.28 bits per heavy atom. The van der Waals surface area contributed by atoms with Crippen molar-refractivity contribution in [2.45, 2.75) is 25.3 Å². The molecule has 25 heavy (non-hydrogen) atoms. The van der Waals surface area contributed by atoms with Gasteiger partial charge in [-0.3, -0.25) is 4.79 Å². The smallest absolute Gasteiger partial charge is 0.223 e. The largest absolute Gasteiger partial charge is 0.469 e. The topological polar surface area (TPSA) is 33.5 Å². The fourth-order valence-corrected chi connectivity index (χ4v) is 3.03. The average molecular weight is 333 g/mol. The second-order valence-electron chi connectivity index (χ2n) is 6.20. The molecule has 0 aliphatic carbocycles. The molecule has 0 N–H and O–H groups in total. The molecule has 3 rings (SSSR count). The van der Waals surface area contributed by atoms with Crippen LogP contribution in [0.15, 0.2) is 83.5 Å². The lowest BCUT2D eigenvalue weighted by atomic mass is 9.97. The molecule has 2 aromatic carbocycles.